The number of nitrogens with zero attached hydrogens (tertiary/aromatic N) is 1. The highest BCUT2D eigenvalue weighted by molar-refractivity contribution is 7.11. The minimum Gasteiger partial charge on any atom is -0.385 e. The first kappa shape index (κ1) is 15.5. The van der Waals surface area contributed by atoms with Gasteiger partial charge >= 0.3 is 0 Å². The molecule has 2 rings (SSSR count). The Morgan fingerprint density at radius 1 is 1.29 bits per heavy atom. The molecule has 1 heterocycles. The number of aromatic nitrogens is 1. The number of hydrogen-bond donors (Lipinski definition) is 2. The van der Waals surface area contributed by atoms with E-state index in [2.05, 4.69) is 15.6 Å². The van der Waals surface area contributed by atoms with Crippen molar-refractivity contribution in [3.8, 4) is 0 Å². The van der Waals surface area contributed by atoms with Crippen molar-refractivity contribution >= 4 is 22.9 Å². The fourth-order valence-electron chi connectivity index (χ4n) is 2.24. The highest BCUT2D eigenvalue weighted by atomic mass is 32.1. The van der Waals surface area contributed by atoms with Crippen LogP contribution in [0.15, 0.2) is 24.3 Å². The third-order valence-electron chi connectivity index (χ3n) is 3.21. The molecule has 5 heteroatoms. The summed E-state index contributed by atoms with van der Waals surface area (Å²) in [7, 11) is 0. The third-order valence-corrected chi connectivity index (χ3v) is 4.46. The van der Waals surface area contributed by atoms with Crippen molar-refractivity contribution < 1.29 is 4.79 Å². The van der Waals surface area contributed by atoms with Crippen molar-refractivity contribution in [2.24, 2.45) is 0 Å². The summed E-state index contributed by atoms with van der Waals surface area (Å²) in [6, 6.07) is 7.49. The number of amides is 1. The van der Waals surface area contributed by atoms with E-state index in [-0.39, 0.29) is 11.9 Å². The molecule has 0 aliphatic heterocycles. The SMILES string of the molecule is CCNc1ccc(C(=O)NC(C)c2sc(C)nc2C)cc1. The molecule has 1 atom stereocenters. The number of rotatable bonds is 5. The van der Waals surface area contributed by atoms with E-state index in [1.54, 1.807) is 11.3 Å². The van der Waals surface area contributed by atoms with Crippen LogP contribution in [-0.4, -0.2) is 17.4 Å². The van der Waals surface area contributed by atoms with Gasteiger partial charge in [-0.1, -0.05) is 0 Å². The standard InChI is InChI=1S/C16H21N3OS/c1-5-17-14-8-6-13(7-9-14)16(20)19-11(3)15-10(2)18-12(4)21-15/h6-9,11,17H,5H2,1-4H3,(H,19,20). The van der Waals surface area contributed by atoms with Crippen molar-refractivity contribution in [1.82, 2.24) is 10.3 Å². The maximum atomic E-state index is 12.3. The molecular formula is C16H21N3OS. The summed E-state index contributed by atoms with van der Waals surface area (Å²) in [5.41, 5.74) is 2.69. The molecule has 1 aromatic heterocycles. The lowest BCUT2D eigenvalue weighted by molar-refractivity contribution is 0.0940. The van der Waals surface area contributed by atoms with Crippen LogP contribution in [0.2, 0.25) is 0 Å². The summed E-state index contributed by atoms with van der Waals surface area (Å²) in [6.07, 6.45) is 0. The molecule has 0 aliphatic rings. The van der Waals surface area contributed by atoms with Gasteiger partial charge in [-0.3, -0.25) is 4.79 Å². The quantitative estimate of drug-likeness (QED) is 0.886. The van der Waals surface area contributed by atoms with Crippen LogP contribution in [0.5, 0.6) is 0 Å². The molecule has 112 valence electrons. The van der Waals surface area contributed by atoms with E-state index in [0.29, 0.717) is 5.56 Å². The molecule has 1 aromatic carbocycles. The van der Waals surface area contributed by atoms with Crippen molar-refractivity contribution in [3.05, 3.63) is 45.4 Å². The highest BCUT2D eigenvalue weighted by Gasteiger charge is 2.16. The van der Waals surface area contributed by atoms with Crippen LogP contribution in [-0.2, 0) is 0 Å². The van der Waals surface area contributed by atoms with Gasteiger partial charge in [0.05, 0.1) is 16.7 Å². The Morgan fingerprint density at radius 3 is 2.48 bits per heavy atom. The first-order valence-electron chi connectivity index (χ1n) is 7.10. The highest BCUT2D eigenvalue weighted by Crippen LogP contribution is 2.24. The Morgan fingerprint density at radius 2 is 1.95 bits per heavy atom. The van der Waals surface area contributed by atoms with Gasteiger partial charge in [0.25, 0.3) is 5.91 Å². The van der Waals surface area contributed by atoms with Crippen molar-refractivity contribution in [1.29, 1.82) is 0 Å². The number of aryl methyl sites for hydroxylation is 2. The molecule has 2 aromatic rings. The first-order valence-corrected chi connectivity index (χ1v) is 7.91. The monoisotopic (exact) mass is 303 g/mol. The third kappa shape index (κ3) is 3.82. The van der Waals surface area contributed by atoms with E-state index >= 15 is 0 Å². The van der Waals surface area contributed by atoms with Gasteiger partial charge in [-0.05, 0) is 52.0 Å². The van der Waals surface area contributed by atoms with Crippen LogP contribution in [0.3, 0.4) is 0 Å². The molecule has 0 aliphatic carbocycles. The summed E-state index contributed by atoms with van der Waals surface area (Å²) in [4.78, 5) is 17.8. The van der Waals surface area contributed by atoms with Gasteiger partial charge in [-0.25, -0.2) is 4.98 Å². The largest absolute Gasteiger partial charge is 0.385 e. The molecule has 1 unspecified atom stereocenters. The molecule has 0 spiro atoms. The number of anilines is 1. The Hall–Kier alpha value is -1.88. The van der Waals surface area contributed by atoms with E-state index in [1.165, 1.54) is 0 Å². The minimum absolute atomic E-state index is 0.0304. The lowest BCUT2D eigenvalue weighted by atomic mass is 10.1. The van der Waals surface area contributed by atoms with Crippen LogP contribution in [0.25, 0.3) is 0 Å². The lowest BCUT2D eigenvalue weighted by Gasteiger charge is -2.13. The van der Waals surface area contributed by atoms with Crippen molar-refractivity contribution in [2.75, 3.05) is 11.9 Å². The molecule has 0 saturated carbocycles. The molecule has 2 N–H and O–H groups in total. The number of carbonyl (C=O) groups is 1. The number of nitrogens with one attached hydrogen (secondary N) is 2. The Labute approximate surface area is 129 Å². The Balaban J connectivity index is 2.05. The maximum absolute atomic E-state index is 12.3. The van der Waals surface area contributed by atoms with Gasteiger partial charge in [-0.15, -0.1) is 11.3 Å². The molecular weight excluding hydrogens is 282 g/mol. The second kappa shape index (κ2) is 6.72. The second-order valence-corrected chi connectivity index (χ2v) is 6.22. The first-order chi connectivity index (χ1) is 10.0. The van der Waals surface area contributed by atoms with Gasteiger partial charge < -0.3 is 10.6 Å². The summed E-state index contributed by atoms with van der Waals surface area (Å²) < 4.78 is 0. The molecule has 4 nitrogen and oxygen atoms in total. The Kier molecular flexibility index (Phi) is 4.96. The summed E-state index contributed by atoms with van der Waals surface area (Å²) >= 11 is 1.63. The maximum Gasteiger partial charge on any atom is 0.251 e. The zero-order valence-corrected chi connectivity index (χ0v) is 13.7. The lowest BCUT2D eigenvalue weighted by Crippen LogP contribution is -2.26. The molecule has 1 amide bonds. The fourth-order valence-corrected chi connectivity index (χ4v) is 3.17. The van der Waals surface area contributed by atoms with Gasteiger partial charge in [0, 0.05) is 22.7 Å². The smallest absolute Gasteiger partial charge is 0.251 e. The minimum atomic E-state index is -0.0593. The summed E-state index contributed by atoms with van der Waals surface area (Å²) in [5.74, 6) is -0.0593. The van der Waals surface area contributed by atoms with E-state index < -0.39 is 0 Å². The van der Waals surface area contributed by atoms with Crippen LogP contribution in [0.1, 0.15) is 45.8 Å². The average molecular weight is 303 g/mol. The topological polar surface area (TPSA) is 54.0 Å². The van der Waals surface area contributed by atoms with Gasteiger partial charge in [-0.2, -0.15) is 0 Å². The molecule has 0 saturated heterocycles. The van der Waals surface area contributed by atoms with E-state index in [0.717, 1.165) is 27.8 Å². The predicted molar refractivity (Wildman–Crippen MR) is 88.1 cm³/mol. The van der Waals surface area contributed by atoms with Crippen LogP contribution < -0.4 is 10.6 Å². The molecule has 21 heavy (non-hydrogen) atoms. The fraction of sp³-hybridized carbons (Fsp3) is 0.375. The van der Waals surface area contributed by atoms with Gasteiger partial charge in [0.2, 0.25) is 0 Å². The van der Waals surface area contributed by atoms with Crippen molar-refractivity contribution in [2.45, 2.75) is 33.7 Å². The molecule has 0 radical (unpaired) electrons. The predicted octanol–water partition coefficient (Wildman–Crippen LogP) is 3.68. The van der Waals surface area contributed by atoms with Gasteiger partial charge in [0.15, 0.2) is 0 Å². The second-order valence-electron chi connectivity index (χ2n) is 4.99. The normalized spacial score (nSPS) is 12.0. The average Bonchev–Trinajstić information content (AvgIpc) is 2.79. The number of thiazole rings is 1. The van der Waals surface area contributed by atoms with E-state index in [1.807, 2.05) is 52.0 Å². The van der Waals surface area contributed by atoms with Gasteiger partial charge in [0.1, 0.15) is 0 Å². The summed E-state index contributed by atoms with van der Waals surface area (Å²) in [6.45, 7) is 8.86. The Bertz CT molecular complexity index is 619. The van der Waals surface area contributed by atoms with Crippen molar-refractivity contribution in [3.63, 3.8) is 0 Å². The van der Waals surface area contributed by atoms with E-state index in [9.17, 15) is 4.79 Å². The van der Waals surface area contributed by atoms with Crippen LogP contribution in [0.4, 0.5) is 5.69 Å². The molecule has 0 fully saturated rings. The van der Waals surface area contributed by atoms with E-state index in [4.69, 9.17) is 0 Å². The zero-order chi connectivity index (χ0) is 15.4. The number of hydrogen-bond acceptors (Lipinski definition) is 4. The zero-order valence-electron chi connectivity index (χ0n) is 12.9. The summed E-state index contributed by atoms with van der Waals surface area (Å²) in [5, 5.41) is 7.27. The molecule has 0 bridgehead atoms. The number of benzene rings is 1. The number of carbonyl (C=O) groups excluding carboxylic acids is 1. The van der Waals surface area contributed by atoms with Crippen LogP contribution >= 0.6 is 11.3 Å². The van der Waals surface area contributed by atoms with Crippen LogP contribution in [0, 0.1) is 13.8 Å².